The highest BCUT2D eigenvalue weighted by molar-refractivity contribution is 7.89. The standard InChI is InChI=1S/C14H20N2O2S/c1-4-12(3)14(9-10-15)16-19(17,18)13-7-5-11(2)6-8-13/h5-8,12,14,16H,4,9H2,1-3H3/t12?,14-/m1/s1. The Morgan fingerprint density at radius 2 is 1.89 bits per heavy atom. The molecule has 0 aliphatic rings. The maximum Gasteiger partial charge on any atom is 0.240 e. The van der Waals surface area contributed by atoms with Gasteiger partial charge in [-0.3, -0.25) is 0 Å². The molecule has 1 rings (SSSR count). The molecule has 0 radical (unpaired) electrons. The molecule has 0 bridgehead atoms. The van der Waals surface area contributed by atoms with E-state index in [1.807, 2.05) is 26.8 Å². The molecule has 0 fully saturated rings. The first-order valence-corrected chi connectivity index (χ1v) is 7.85. The van der Waals surface area contributed by atoms with E-state index >= 15 is 0 Å². The Morgan fingerprint density at radius 3 is 2.37 bits per heavy atom. The summed E-state index contributed by atoms with van der Waals surface area (Å²) in [5.41, 5.74) is 1.01. The molecule has 1 aromatic rings. The van der Waals surface area contributed by atoms with Gasteiger partial charge in [0.15, 0.2) is 0 Å². The van der Waals surface area contributed by atoms with Crippen LogP contribution in [0.25, 0.3) is 0 Å². The SMILES string of the molecule is CCC(C)[C@@H](CC#N)NS(=O)(=O)c1ccc(C)cc1. The summed E-state index contributed by atoms with van der Waals surface area (Å²) >= 11 is 0. The van der Waals surface area contributed by atoms with E-state index in [1.165, 1.54) is 0 Å². The van der Waals surface area contributed by atoms with E-state index in [-0.39, 0.29) is 23.3 Å². The molecule has 19 heavy (non-hydrogen) atoms. The Bertz CT molecular complexity index is 544. The fourth-order valence-electron chi connectivity index (χ4n) is 1.73. The summed E-state index contributed by atoms with van der Waals surface area (Å²) in [6, 6.07) is 8.38. The van der Waals surface area contributed by atoms with Gasteiger partial charge in [-0.05, 0) is 25.0 Å². The molecule has 0 heterocycles. The molecule has 2 atom stereocenters. The predicted octanol–water partition coefficient (Wildman–Crippen LogP) is 2.60. The van der Waals surface area contributed by atoms with Crippen LogP contribution in [0.15, 0.2) is 29.2 Å². The van der Waals surface area contributed by atoms with Crippen LogP contribution in [0.4, 0.5) is 0 Å². The third-order valence-electron chi connectivity index (χ3n) is 3.28. The average molecular weight is 280 g/mol. The Labute approximate surface area is 115 Å². The van der Waals surface area contributed by atoms with Gasteiger partial charge < -0.3 is 0 Å². The average Bonchev–Trinajstić information content (AvgIpc) is 2.37. The van der Waals surface area contributed by atoms with Crippen LogP contribution in [0.1, 0.15) is 32.3 Å². The number of hydrogen-bond donors (Lipinski definition) is 1. The van der Waals surface area contributed by atoms with E-state index in [9.17, 15) is 8.42 Å². The van der Waals surface area contributed by atoms with Crippen molar-refractivity contribution in [2.75, 3.05) is 0 Å². The van der Waals surface area contributed by atoms with Crippen molar-refractivity contribution in [2.45, 2.75) is 44.6 Å². The molecule has 104 valence electrons. The van der Waals surface area contributed by atoms with Crippen molar-refractivity contribution in [3.05, 3.63) is 29.8 Å². The number of rotatable bonds is 6. The van der Waals surface area contributed by atoms with E-state index in [1.54, 1.807) is 24.3 Å². The van der Waals surface area contributed by atoms with Crippen LogP contribution in [-0.4, -0.2) is 14.5 Å². The number of nitrogens with zero attached hydrogens (tertiary/aromatic N) is 1. The van der Waals surface area contributed by atoms with Crippen LogP contribution < -0.4 is 4.72 Å². The van der Waals surface area contributed by atoms with Crippen LogP contribution in [0.5, 0.6) is 0 Å². The zero-order valence-corrected chi connectivity index (χ0v) is 12.4. The number of benzene rings is 1. The van der Waals surface area contributed by atoms with E-state index in [2.05, 4.69) is 4.72 Å². The molecule has 0 aromatic heterocycles. The number of nitriles is 1. The highest BCUT2D eigenvalue weighted by Gasteiger charge is 2.23. The second-order valence-electron chi connectivity index (χ2n) is 4.79. The lowest BCUT2D eigenvalue weighted by atomic mass is 9.98. The normalized spacial score (nSPS) is 14.6. The van der Waals surface area contributed by atoms with E-state index in [4.69, 9.17) is 5.26 Å². The van der Waals surface area contributed by atoms with Crippen LogP contribution in [-0.2, 0) is 10.0 Å². The van der Waals surface area contributed by atoms with Crippen LogP contribution in [0, 0.1) is 24.2 Å². The summed E-state index contributed by atoms with van der Waals surface area (Å²) in [5, 5.41) is 8.80. The third-order valence-corrected chi connectivity index (χ3v) is 4.79. The lowest BCUT2D eigenvalue weighted by Gasteiger charge is -2.21. The number of aryl methyl sites for hydroxylation is 1. The van der Waals surface area contributed by atoms with Gasteiger partial charge in [0.2, 0.25) is 10.0 Å². The molecule has 0 spiro atoms. The minimum absolute atomic E-state index is 0.125. The number of sulfonamides is 1. The highest BCUT2D eigenvalue weighted by Crippen LogP contribution is 2.16. The summed E-state index contributed by atoms with van der Waals surface area (Å²) < 4.78 is 27.1. The van der Waals surface area contributed by atoms with Crippen LogP contribution in [0.2, 0.25) is 0 Å². The van der Waals surface area contributed by atoms with Gasteiger partial charge in [-0.25, -0.2) is 13.1 Å². The van der Waals surface area contributed by atoms with Crippen molar-refractivity contribution < 1.29 is 8.42 Å². The van der Waals surface area contributed by atoms with E-state index < -0.39 is 10.0 Å². The summed E-state index contributed by atoms with van der Waals surface area (Å²) in [6.07, 6.45) is 1.00. The van der Waals surface area contributed by atoms with E-state index in [0.717, 1.165) is 12.0 Å². The molecule has 4 nitrogen and oxygen atoms in total. The fraction of sp³-hybridized carbons (Fsp3) is 0.500. The third kappa shape index (κ3) is 4.34. The first-order valence-electron chi connectivity index (χ1n) is 6.36. The lowest BCUT2D eigenvalue weighted by Crippen LogP contribution is -2.39. The molecule has 0 saturated carbocycles. The minimum atomic E-state index is -3.55. The molecule has 1 aromatic carbocycles. The predicted molar refractivity (Wildman–Crippen MR) is 75.0 cm³/mol. The summed E-state index contributed by atoms with van der Waals surface area (Å²) in [6.45, 7) is 5.83. The summed E-state index contributed by atoms with van der Waals surface area (Å²) in [5.74, 6) is 0.125. The highest BCUT2D eigenvalue weighted by atomic mass is 32.2. The molecule has 5 heteroatoms. The van der Waals surface area contributed by atoms with Crippen molar-refractivity contribution in [3.8, 4) is 6.07 Å². The van der Waals surface area contributed by atoms with Crippen molar-refractivity contribution >= 4 is 10.0 Å². The topological polar surface area (TPSA) is 70.0 Å². The molecular formula is C14H20N2O2S. The second-order valence-corrected chi connectivity index (χ2v) is 6.50. The van der Waals surface area contributed by atoms with Gasteiger partial charge in [-0.1, -0.05) is 38.0 Å². The number of nitrogens with one attached hydrogen (secondary N) is 1. The molecule has 1 N–H and O–H groups in total. The molecule has 1 unspecified atom stereocenters. The van der Waals surface area contributed by atoms with Crippen LogP contribution in [0.3, 0.4) is 0 Å². The zero-order chi connectivity index (χ0) is 14.5. The smallest absolute Gasteiger partial charge is 0.207 e. The number of hydrogen-bond acceptors (Lipinski definition) is 3. The zero-order valence-electron chi connectivity index (χ0n) is 11.6. The maximum atomic E-state index is 12.2. The first-order chi connectivity index (χ1) is 8.90. The Kier molecular flexibility index (Phi) is 5.52. The van der Waals surface area contributed by atoms with Gasteiger partial charge in [-0.15, -0.1) is 0 Å². The monoisotopic (exact) mass is 280 g/mol. The quantitative estimate of drug-likeness (QED) is 0.870. The van der Waals surface area contributed by atoms with Gasteiger partial charge in [0.05, 0.1) is 17.4 Å². The van der Waals surface area contributed by atoms with Gasteiger partial charge in [0.25, 0.3) is 0 Å². The maximum absolute atomic E-state index is 12.2. The molecule has 0 aliphatic heterocycles. The molecule has 0 saturated heterocycles. The van der Waals surface area contributed by atoms with Gasteiger partial charge in [0, 0.05) is 6.04 Å². The minimum Gasteiger partial charge on any atom is -0.207 e. The Balaban J connectivity index is 2.94. The fourth-order valence-corrected chi connectivity index (χ4v) is 3.07. The van der Waals surface area contributed by atoms with Crippen molar-refractivity contribution in [1.29, 1.82) is 5.26 Å². The van der Waals surface area contributed by atoms with Crippen LogP contribution >= 0.6 is 0 Å². The van der Waals surface area contributed by atoms with Gasteiger partial charge in [0.1, 0.15) is 0 Å². The van der Waals surface area contributed by atoms with Gasteiger partial charge >= 0.3 is 0 Å². The van der Waals surface area contributed by atoms with Crippen molar-refractivity contribution in [3.63, 3.8) is 0 Å². The Morgan fingerprint density at radius 1 is 1.32 bits per heavy atom. The second kappa shape index (κ2) is 6.69. The Hall–Kier alpha value is -1.38. The first kappa shape index (κ1) is 15.7. The van der Waals surface area contributed by atoms with E-state index in [0.29, 0.717) is 0 Å². The van der Waals surface area contributed by atoms with Gasteiger partial charge in [-0.2, -0.15) is 5.26 Å². The van der Waals surface area contributed by atoms with Crippen molar-refractivity contribution in [2.24, 2.45) is 5.92 Å². The summed E-state index contributed by atoms with van der Waals surface area (Å²) in [4.78, 5) is 0.240. The van der Waals surface area contributed by atoms with Crippen molar-refractivity contribution in [1.82, 2.24) is 4.72 Å². The molecular weight excluding hydrogens is 260 g/mol. The molecule has 0 aliphatic carbocycles. The summed E-state index contributed by atoms with van der Waals surface area (Å²) in [7, 11) is -3.55. The lowest BCUT2D eigenvalue weighted by molar-refractivity contribution is 0.414. The molecule has 0 amide bonds. The largest absolute Gasteiger partial charge is 0.240 e.